The minimum atomic E-state index is -3.92. The van der Waals surface area contributed by atoms with E-state index in [2.05, 4.69) is 10.3 Å². The zero-order valence-electron chi connectivity index (χ0n) is 17.6. The number of fused-ring (bicyclic) bond motifs is 1. The number of sulfone groups is 1. The Bertz CT molecular complexity index is 1220. The summed E-state index contributed by atoms with van der Waals surface area (Å²) in [6, 6.07) is 4.08. The van der Waals surface area contributed by atoms with Crippen molar-refractivity contribution in [3.63, 3.8) is 0 Å². The first kappa shape index (κ1) is 21.9. The molecule has 2 aromatic rings. The van der Waals surface area contributed by atoms with Crippen LogP contribution >= 0.6 is 0 Å². The van der Waals surface area contributed by atoms with Crippen LogP contribution in [0.25, 0.3) is 0 Å². The number of non-ortho nitro benzene ring substituents is 1. The largest absolute Gasteiger partial charge is 0.459 e. The second kappa shape index (κ2) is 7.36. The molecule has 0 radical (unpaired) electrons. The second-order valence-electron chi connectivity index (χ2n) is 8.17. The lowest BCUT2D eigenvalue weighted by atomic mass is 9.96. The van der Waals surface area contributed by atoms with Crippen molar-refractivity contribution in [3.8, 4) is 0 Å². The summed E-state index contributed by atoms with van der Waals surface area (Å²) in [5, 5.41) is 17.6. The number of hydrogen-bond donors (Lipinski definition) is 0. The summed E-state index contributed by atoms with van der Waals surface area (Å²) in [7, 11) is -3.92. The molecule has 12 nitrogen and oxygen atoms in total. The fourth-order valence-corrected chi connectivity index (χ4v) is 6.46. The van der Waals surface area contributed by atoms with Crippen LogP contribution in [0.1, 0.15) is 30.3 Å². The molecule has 1 aromatic carbocycles. The van der Waals surface area contributed by atoms with E-state index in [9.17, 15) is 28.1 Å². The molecular weight excluding hydrogens is 442 g/mol. The first-order valence-corrected chi connectivity index (χ1v) is 11.3. The van der Waals surface area contributed by atoms with Gasteiger partial charge in [0.05, 0.1) is 29.3 Å². The predicted molar refractivity (Wildman–Crippen MR) is 109 cm³/mol. The van der Waals surface area contributed by atoms with Gasteiger partial charge >= 0.3 is 5.97 Å². The zero-order chi connectivity index (χ0) is 23.4. The van der Waals surface area contributed by atoms with E-state index in [1.165, 1.54) is 35.9 Å². The summed E-state index contributed by atoms with van der Waals surface area (Å²) in [6.07, 6.45) is -0.181. The number of ether oxygens (including phenoxy) is 1. The molecule has 2 aliphatic rings. The number of nitro groups is 1. The zero-order valence-corrected chi connectivity index (χ0v) is 18.4. The van der Waals surface area contributed by atoms with E-state index in [4.69, 9.17) is 4.74 Å². The summed E-state index contributed by atoms with van der Waals surface area (Å²) < 4.78 is 31.7. The van der Waals surface area contributed by atoms with Crippen molar-refractivity contribution in [3.05, 3.63) is 51.3 Å². The minimum absolute atomic E-state index is 0.109. The van der Waals surface area contributed by atoms with Crippen molar-refractivity contribution < 1.29 is 27.7 Å². The maximum absolute atomic E-state index is 13.3. The Hall–Kier alpha value is -3.35. The van der Waals surface area contributed by atoms with Gasteiger partial charge in [0.1, 0.15) is 16.7 Å². The Morgan fingerprint density at radius 3 is 2.50 bits per heavy atom. The number of hydrogen-bond acceptors (Lipinski definition) is 9. The molecule has 2 aliphatic heterocycles. The monoisotopic (exact) mass is 463 g/mol. The first-order chi connectivity index (χ1) is 15.0. The van der Waals surface area contributed by atoms with Crippen molar-refractivity contribution >= 4 is 27.4 Å². The molecule has 0 spiro atoms. The van der Waals surface area contributed by atoms with E-state index in [1.54, 1.807) is 13.8 Å². The number of aryl methyl sites for hydroxylation is 1. The van der Waals surface area contributed by atoms with Gasteiger partial charge in [0, 0.05) is 12.1 Å². The average molecular weight is 463 g/mol. The fraction of sp³-hybridized carbons (Fsp3) is 0.474. The number of aromatic nitrogens is 3. The van der Waals surface area contributed by atoms with E-state index < -0.39 is 42.8 Å². The van der Waals surface area contributed by atoms with Gasteiger partial charge in [-0.05, 0) is 38.5 Å². The van der Waals surface area contributed by atoms with Gasteiger partial charge in [0.25, 0.3) is 5.69 Å². The molecule has 0 N–H and O–H groups in total. The van der Waals surface area contributed by atoms with Crippen LogP contribution in [0.4, 0.5) is 5.69 Å². The van der Waals surface area contributed by atoms with Gasteiger partial charge in [-0.25, -0.2) is 17.9 Å². The van der Waals surface area contributed by atoms with E-state index in [1.807, 2.05) is 0 Å². The van der Waals surface area contributed by atoms with Gasteiger partial charge in [-0.1, -0.05) is 5.21 Å². The van der Waals surface area contributed by atoms with Gasteiger partial charge in [-0.2, -0.15) is 0 Å². The molecule has 1 amide bonds. The standard InChI is InChI=1S/C19H21N5O7S/c1-11-12(2)22(21-20-11)10-19(3)17(23-15(25)8-16(23)32(19,29)30)18(26)31-9-13-4-6-14(7-5-13)24(27)28/h4-7,16-17H,8-10H2,1-3H3/t16-,17+,19+/m1/s1. The third-order valence-corrected chi connectivity index (χ3v) is 9.00. The lowest BCUT2D eigenvalue weighted by molar-refractivity contribution is -0.384. The molecule has 0 unspecified atom stereocenters. The van der Waals surface area contributed by atoms with Crippen LogP contribution in [0.5, 0.6) is 0 Å². The molecule has 2 saturated heterocycles. The Labute approximate surface area is 183 Å². The molecule has 3 heterocycles. The highest BCUT2D eigenvalue weighted by atomic mass is 32.2. The van der Waals surface area contributed by atoms with Crippen LogP contribution in [-0.4, -0.2) is 61.3 Å². The maximum atomic E-state index is 13.3. The quantitative estimate of drug-likeness (QED) is 0.260. The van der Waals surface area contributed by atoms with Gasteiger partial charge < -0.3 is 9.64 Å². The summed E-state index contributed by atoms with van der Waals surface area (Å²) in [5.74, 6) is -1.30. The predicted octanol–water partition coefficient (Wildman–Crippen LogP) is 0.661. The second-order valence-corrected chi connectivity index (χ2v) is 10.7. The minimum Gasteiger partial charge on any atom is -0.459 e. The molecular formula is C19H21N5O7S. The highest BCUT2D eigenvalue weighted by Gasteiger charge is 2.70. The van der Waals surface area contributed by atoms with Gasteiger partial charge in [-0.3, -0.25) is 14.9 Å². The third-order valence-electron chi connectivity index (χ3n) is 6.24. The van der Waals surface area contributed by atoms with E-state index in [0.29, 0.717) is 17.0 Å². The molecule has 0 saturated carbocycles. The molecule has 4 rings (SSSR count). The SMILES string of the molecule is Cc1nnn(C[C@@]2(C)[C@H](C(=O)OCc3ccc([N+](=O)[O-])cc3)N3C(=O)C[C@H]3S2(=O)=O)c1C. The first-order valence-electron chi connectivity index (χ1n) is 9.78. The molecule has 0 bridgehead atoms. The lowest BCUT2D eigenvalue weighted by Crippen LogP contribution is -2.58. The maximum Gasteiger partial charge on any atom is 0.330 e. The summed E-state index contributed by atoms with van der Waals surface area (Å²) >= 11 is 0. The van der Waals surface area contributed by atoms with E-state index >= 15 is 0 Å². The van der Waals surface area contributed by atoms with Crippen molar-refractivity contribution in [2.24, 2.45) is 0 Å². The highest BCUT2D eigenvalue weighted by molar-refractivity contribution is 7.93. The average Bonchev–Trinajstić information content (AvgIpc) is 3.11. The summed E-state index contributed by atoms with van der Waals surface area (Å²) in [6.45, 7) is 4.50. The fourth-order valence-electron chi connectivity index (χ4n) is 4.11. The van der Waals surface area contributed by atoms with Crippen molar-refractivity contribution in [2.45, 2.75) is 56.5 Å². The molecule has 170 valence electrons. The van der Waals surface area contributed by atoms with E-state index in [-0.39, 0.29) is 25.3 Å². The number of carbonyl (C=O) groups is 2. The lowest BCUT2D eigenvalue weighted by Gasteiger charge is -2.36. The number of β-lactam (4-membered cyclic amide) rings is 1. The molecule has 1 aromatic heterocycles. The van der Waals surface area contributed by atoms with Crippen LogP contribution in [0.3, 0.4) is 0 Å². The highest BCUT2D eigenvalue weighted by Crippen LogP contribution is 2.47. The van der Waals surface area contributed by atoms with Crippen LogP contribution < -0.4 is 0 Å². The Morgan fingerprint density at radius 1 is 1.31 bits per heavy atom. The van der Waals surface area contributed by atoms with Crippen molar-refractivity contribution in [2.75, 3.05) is 0 Å². The molecule has 2 fully saturated rings. The number of benzene rings is 1. The van der Waals surface area contributed by atoms with E-state index in [0.717, 1.165) is 4.90 Å². The van der Waals surface area contributed by atoms with Crippen LogP contribution in [0.15, 0.2) is 24.3 Å². The molecule has 32 heavy (non-hydrogen) atoms. The number of amides is 1. The third kappa shape index (κ3) is 3.15. The van der Waals surface area contributed by atoms with Crippen molar-refractivity contribution in [1.82, 2.24) is 19.9 Å². The molecule has 13 heteroatoms. The van der Waals surface area contributed by atoms with Crippen LogP contribution in [0.2, 0.25) is 0 Å². The van der Waals surface area contributed by atoms with Crippen LogP contribution in [0, 0.1) is 24.0 Å². The van der Waals surface area contributed by atoms with Gasteiger partial charge in [0.15, 0.2) is 15.9 Å². The smallest absolute Gasteiger partial charge is 0.330 e. The van der Waals surface area contributed by atoms with Crippen molar-refractivity contribution in [1.29, 1.82) is 0 Å². The number of rotatable bonds is 6. The topological polar surface area (TPSA) is 155 Å². The van der Waals surface area contributed by atoms with Gasteiger partial charge in [-0.15, -0.1) is 5.10 Å². The number of esters is 1. The number of nitro benzene ring substituents is 1. The summed E-state index contributed by atoms with van der Waals surface area (Å²) in [4.78, 5) is 36.6. The Balaban J connectivity index is 1.61. The Morgan fingerprint density at radius 2 is 1.97 bits per heavy atom. The van der Waals surface area contributed by atoms with Crippen LogP contribution in [-0.2, 0) is 37.3 Å². The molecule has 3 atom stereocenters. The number of nitrogens with zero attached hydrogens (tertiary/aromatic N) is 5. The van der Waals surface area contributed by atoms with Gasteiger partial charge in [0.2, 0.25) is 5.91 Å². The number of carbonyl (C=O) groups excluding carboxylic acids is 2. The normalized spacial score (nSPS) is 25.8. The Kier molecular flexibility index (Phi) is 5.03. The molecule has 0 aliphatic carbocycles. The summed E-state index contributed by atoms with van der Waals surface area (Å²) in [5.41, 5.74) is 1.66.